The van der Waals surface area contributed by atoms with E-state index < -0.39 is 13.5 Å². The zero-order valence-electron chi connectivity index (χ0n) is 5.85. The van der Waals surface area contributed by atoms with E-state index in [1.807, 2.05) is 0 Å². The van der Waals surface area contributed by atoms with Gasteiger partial charge in [0.15, 0.2) is 5.82 Å². The third-order valence-electron chi connectivity index (χ3n) is 1.22. The Bertz CT molecular complexity index is 297. The Balaban J connectivity index is 3.08. The van der Waals surface area contributed by atoms with Gasteiger partial charge in [0.1, 0.15) is 5.75 Å². The van der Waals surface area contributed by atoms with Crippen LogP contribution in [0, 0.1) is 5.82 Å². The SMILES string of the molecule is OBOc1ccc(Cl)c(Br)c1F. The summed E-state index contributed by atoms with van der Waals surface area (Å²) in [6.07, 6.45) is 0. The minimum absolute atomic E-state index is 0.0335. The number of hydrogen-bond acceptors (Lipinski definition) is 2. The summed E-state index contributed by atoms with van der Waals surface area (Å²) in [5.41, 5.74) is 0. The van der Waals surface area contributed by atoms with Gasteiger partial charge in [-0.2, -0.15) is 0 Å². The molecule has 0 radical (unpaired) electrons. The second-order valence-corrected chi connectivity index (χ2v) is 3.15. The van der Waals surface area contributed by atoms with Gasteiger partial charge in [-0.1, -0.05) is 11.6 Å². The molecular weight excluding hydrogens is 249 g/mol. The lowest BCUT2D eigenvalue weighted by Crippen LogP contribution is -2.01. The van der Waals surface area contributed by atoms with Crippen molar-refractivity contribution in [1.29, 1.82) is 0 Å². The Morgan fingerprint density at radius 3 is 2.83 bits per heavy atom. The smallest absolute Gasteiger partial charge is 0.504 e. The lowest BCUT2D eigenvalue weighted by atomic mass is 10.3. The van der Waals surface area contributed by atoms with E-state index in [4.69, 9.17) is 16.6 Å². The van der Waals surface area contributed by atoms with E-state index in [1.54, 1.807) is 0 Å². The van der Waals surface area contributed by atoms with Crippen LogP contribution < -0.4 is 4.65 Å². The second kappa shape index (κ2) is 4.12. The van der Waals surface area contributed by atoms with Crippen LogP contribution in [0.5, 0.6) is 5.75 Å². The quantitative estimate of drug-likeness (QED) is 0.644. The van der Waals surface area contributed by atoms with Crippen molar-refractivity contribution in [3.8, 4) is 5.75 Å². The van der Waals surface area contributed by atoms with E-state index in [2.05, 4.69) is 20.6 Å². The fourth-order valence-electron chi connectivity index (χ4n) is 0.689. The first kappa shape index (κ1) is 9.83. The zero-order chi connectivity index (χ0) is 9.14. The van der Waals surface area contributed by atoms with Crippen molar-refractivity contribution in [2.75, 3.05) is 0 Å². The van der Waals surface area contributed by atoms with Crippen molar-refractivity contribution < 1.29 is 14.1 Å². The summed E-state index contributed by atoms with van der Waals surface area (Å²) in [5.74, 6) is -0.648. The summed E-state index contributed by atoms with van der Waals surface area (Å²) in [6.45, 7) is 0. The van der Waals surface area contributed by atoms with Crippen LogP contribution >= 0.6 is 27.5 Å². The molecule has 0 saturated heterocycles. The first-order valence-corrected chi connectivity index (χ1v) is 4.21. The van der Waals surface area contributed by atoms with Crippen LogP contribution in [-0.2, 0) is 0 Å². The van der Waals surface area contributed by atoms with Crippen LogP contribution in [0.3, 0.4) is 0 Å². The van der Waals surface area contributed by atoms with Crippen molar-refractivity contribution in [1.82, 2.24) is 0 Å². The van der Waals surface area contributed by atoms with Gasteiger partial charge in [0.25, 0.3) is 0 Å². The van der Waals surface area contributed by atoms with Crippen molar-refractivity contribution in [2.24, 2.45) is 0 Å². The fraction of sp³-hybridized carbons (Fsp3) is 0. The molecule has 1 rings (SSSR count). The van der Waals surface area contributed by atoms with Crippen molar-refractivity contribution in [3.63, 3.8) is 0 Å². The molecule has 0 aliphatic heterocycles. The number of rotatable bonds is 2. The molecule has 0 aliphatic carbocycles. The van der Waals surface area contributed by atoms with Crippen molar-refractivity contribution in [2.45, 2.75) is 0 Å². The first-order valence-electron chi connectivity index (χ1n) is 3.04. The molecule has 0 unspecified atom stereocenters. The average Bonchev–Trinajstić information content (AvgIpc) is 2.07. The van der Waals surface area contributed by atoms with Crippen LogP contribution in [0.25, 0.3) is 0 Å². The van der Waals surface area contributed by atoms with E-state index in [1.165, 1.54) is 12.1 Å². The maximum atomic E-state index is 13.1. The molecular formula is C6H4BBrClFO2. The molecule has 0 atom stereocenters. The second-order valence-electron chi connectivity index (χ2n) is 1.95. The Hall–Kier alpha value is -0.255. The Labute approximate surface area is 82.7 Å². The lowest BCUT2D eigenvalue weighted by Gasteiger charge is -2.05. The van der Waals surface area contributed by atoms with Gasteiger partial charge in [0, 0.05) is 0 Å². The molecule has 1 N–H and O–H groups in total. The summed E-state index contributed by atoms with van der Waals surface area (Å²) in [5, 5.41) is 8.63. The van der Waals surface area contributed by atoms with Gasteiger partial charge in [-0.25, -0.2) is 4.39 Å². The highest BCUT2D eigenvalue weighted by Gasteiger charge is 2.10. The van der Waals surface area contributed by atoms with E-state index in [0.717, 1.165) is 0 Å². The third-order valence-corrected chi connectivity index (χ3v) is 2.54. The molecule has 2 nitrogen and oxygen atoms in total. The van der Waals surface area contributed by atoms with Gasteiger partial charge < -0.3 is 9.68 Å². The molecule has 0 aromatic heterocycles. The Morgan fingerprint density at radius 2 is 2.25 bits per heavy atom. The van der Waals surface area contributed by atoms with Crippen LogP contribution in [0.4, 0.5) is 4.39 Å². The van der Waals surface area contributed by atoms with Gasteiger partial charge in [0.05, 0.1) is 9.50 Å². The minimum Gasteiger partial charge on any atom is -0.537 e. The van der Waals surface area contributed by atoms with E-state index >= 15 is 0 Å². The van der Waals surface area contributed by atoms with Gasteiger partial charge in [-0.05, 0) is 28.1 Å². The van der Waals surface area contributed by atoms with Crippen LogP contribution in [0.1, 0.15) is 0 Å². The highest BCUT2D eigenvalue weighted by molar-refractivity contribution is 9.10. The van der Waals surface area contributed by atoms with E-state index in [9.17, 15) is 4.39 Å². The number of benzene rings is 1. The van der Waals surface area contributed by atoms with Gasteiger partial charge in [-0.3, -0.25) is 0 Å². The summed E-state index contributed by atoms with van der Waals surface area (Å²) in [6, 6.07) is 2.82. The molecule has 0 fully saturated rings. The predicted molar refractivity (Wildman–Crippen MR) is 49.1 cm³/mol. The van der Waals surface area contributed by atoms with Gasteiger partial charge in [-0.15, -0.1) is 0 Å². The number of hydrogen-bond donors (Lipinski definition) is 1. The standard InChI is InChI=1S/C6H4BBrClFO2/c8-5-3(9)1-2-4(6(5)10)12-7-11/h1-2,7,11H. The predicted octanol–water partition coefficient (Wildman–Crippen LogP) is 1.88. The summed E-state index contributed by atoms with van der Waals surface area (Å²) >= 11 is 8.51. The Morgan fingerprint density at radius 1 is 1.58 bits per heavy atom. The zero-order valence-corrected chi connectivity index (χ0v) is 8.19. The van der Waals surface area contributed by atoms with E-state index in [-0.39, 0.29) is 15.2 Å². The van der Waals surface area contributed by atoms with Crippen LogP contribution in [0.2, 0.25) is 5.02 Å². The molecule has 0 aliphatic rings. The molecule has 1 aromatic carbocycles. The highest BCUT2D eigenvalue weighted by Crippen LogP contribution is 2.31. The molecule has 6 heteroatoms. The molecule has 1 aromatic rings. The molecule has 0 bridgehead atoms. The maximum absolute atomic E-state index is 13.1. The van der Waals surface area contributed by atoms with Crippen LogP contribution in [0.15, 0.2) is 16.6 Å². The largest absolute Gasteiger partial charge is 0.537 e. The molecule has 0 spiro atoms. The molecule has 0 heterocycles. The highest BCUT2D eigenvalue weighted by atomic mass is 79.9. The van der Waals surface area contributed by atoms with Gasteiger partial charge >= 0.3 is 7.69 Å². The molecule has 12 heavy (non-hydrogen) atoms. The maximum Gasteiger partial charge on any atom is 0.504 e. The number of halogens is 3. The average molecular weight is 253 g/mol. The molecule has 0 amide bonds. The van der Waals surface area contributed by atoms with Crippen molar-refractivity contribution >= 4 is 35.2 Å². The molecule has 64 valence electrons. The van der Waals surface area contributed by atoms with Gasteiger partial charge in [0.2, 0.25) is 0 Å². The first-order chi connectivity index (χ1) is 5.66. The minimum atomic E-state index is -0.614. The van der Waals surface area contributed by atoms with Crippen LogP contribution in [-0.4, -0.2) is 12.7 Å². The third kappa shape index (κ3) is 1.91. The molecule has 0 saturated carbocycles. The fourth-order valence-corrected chi connectivity index (χ4v) is 1.16. The van der Waals surface area contributed by atoms with E-state index in [0.29, 0.717) is 0 Å². The monoisotopic (exact) mass is 252 g/mol. The Kier molecular flexibility index (Phi) is 3.37. The van der Waals surface area contributed by atoms with Crippen molar-refractivity contribution in [3.05, 3.63) is 27.4 Å². The summed E-state index contributed by atoms with van der Waals surface area (Å²) in [7, 11) is -0.564. The lowest BCUT2D eigenvalue weighted by molar-refractivity contribution is 0.430. The topological polar surface area (TPSA) is 29.5 Å². The summed E-state index contributed by atoms with van der Waals surface area (Å²) < 4.78 is 17.8. The normalized spacial score (nSPS) is 9.67. The summed E-state index contributed by atoms with van der Waals surface area (Å²) in [4.78, 5) is 0.